The molecule has 6 nitrogen and oxygen atoms in total. The Labute approximate surface area is 152 Å². The van der Waals surface area contributed by atoms with Crippen molar-refractivity contribution in [2.24, 2.45) is 0 Å². The molecule has 0 saturated heterocycles. The Hall–Kier alpha value is -3.02. The van der Waals surface area contributed by atoms with E-state index in [1.165, 1.54) is 0 Å². The van der Waals surface area contributed by atoms with E-state index < -0.39 is 11.9 Å². The highest BCUT2D eigenvalue weighted by molar-refractivity contribution is 6.06. The lowest BCUT2D eigenvalue weighted by atomic mass is 10.0. The van der Waals surface area contributed by atoms with Crippen molar-refractivity contribution in [2.75, 3.05) is 12.4 Å². The van der Waals surface area contributed by atoms with Crippen LogP contribution in [0.25, 0.3) is 0 Å². The highest BCUT2D eigenvalue weighted by atomic mass is 16.5. The number of carbonyl (C=O) groups is 2. The van der Waals surface area contributed by atoms with Gasteiger partial charge in [0.25, 0.3) is 5.91 Å². The van der Waals surface area contributed by atoms with Gasteiger partial charge in [0.2, 0.25) is 0 Å². The third kappa shape index (κ3) is 4.75. The zero-order valence-corrected chi connectivity index (χ0v) is 15.3. The first-order valence-corrected chi connectivity index (χ1v) is 8.30. The molecule has 1 amide bonds. The molecule has 0 radical (unpaired) electrons. The van der Waals surface area contributed by atoms with E-state index in [1.807, 2.05) is 13.8 Å². The van der Waals surface area contributed by atoms with Gasteiger partial charge in [-0.25, -0.2) is 0 Å². The Bertz CT molecular complexity index is 783. The molecule has 138 valence electrons. The number of rotatable bonds is 7. The maximum Gasteiger partial charge on any atom is 0.310 e. The van der Waals surface area contributed by atoms with E-state index in [2.05, 4.69) is 5.32 Å². The number of hydrogen-bond donors (Lipinski definition) is 2. The number of ether oxygens (including phenoxy) is 2. The maximum absolute atomic E-state index is 12.6. The van der Waals surface area contributed by atoms with Crippen LogP contribution in [-0.4, -0.2) is 30.2 Å². The maximum atomic E-state index is 12.6. The van der Waals surface area contributed by atoms with Crippen LogP contribution in [0.2, 0.25) is 0 Å². The average Bonchev–Trinajstić information content (AvgIpc) is 2.60. The Kier molecular flexibility index (Phi) is 6.22. The summed E-state index contributed by atoms with van der Waals surface area (Å²) in [5, 5.41) is 11.8. The third-order valence-corrected chi connectivity index (χ3v) is 3.84. The van der Waals surface area contributed by atoms with Crippen molar-refractivity contribution in [3.8, 4) is 11.5 Å². The van der Waals surface area contributed by atoms with Crippen LogP contribution in [0, 0.1) is 0 Å². The number of carbonyl (C=O) groups excluding carboxylic acids is 1. The molecule has 2 rings (SSSR count). The molecule has 26 heavy (non-hydrogen) atoms. The van der Waals surface area contributed by atoms with Crippen molar-refractivity contribution in [3.63, 3.8) is 0 Å². The number of methoxy groups -OCH3 is 1. The quantitative estimate of drug-likeness (QED) is 0.784. The van der Waals surface area contributed by atoms with E-state index in [9.17, 15) is 9.59 Å². The lowest BCUT2D eigenvalue weighted by Crippen LogP contribution is -2.16. The molecule has 0 aliphatic rings. The number of benzene rings is 2. The summed E-state index contributed by atoms with van der Waals surface area (Å²) in [4.78, 5) is 23.6. The van der Waals surface area contributed by atoms with Gasteiger partial charge in [-0.2, -0.15) is 0 Å². The lowest BCUT2D eigenvalue weighted by Gasteiger charge is -2.15. The third-order valence-electron chi connectivity index (χ3n) is 3.84. The Balaban J connectivity index is 2.20. The fourth-order valence-corrected chi connectivity index (χ4v) is 2.36. The van der Waals surface area contributed by atoms with Gasteiger partial charge in [0.05, 0.1) is 24.7 Å². The van der Waals surface area contributed by atoms with Gasteiger partial charge in [-0.1, -0.05) is 12.1 Å². The molecule has 0 saturated carbocycles. The predicted octanol–water partition coefficient (Wildman–Crippen LogP) is 3.92. The smallest absolute Gasteiger partial charge is 0.310 e. The van der Waals surface area contributed by atoms with Crippen LogP contribution >= 0.6 is 0 Å². The Morgan fingerprint density at radius 2 is 1.69 bits per heavy atom. The topological polar surface area (TPSA) is 84.9 Å². The second-order valence-electron chi connectivity index (χ2n) is 6.16. The summed E-state index contributed by atoms with van der Waals surface area (Å²) in [6, 6.07) is 11.7. The highest BCUT2D eigenvalue weighted by Crippen LogP contribution is 2.27. The first kappa shape index (κ1) is 19.3. The number of aliphatic carboxylic acids is 1. The van der Waals surface area contributed by atoms with Gasteiger partial charge in [-0.05, 0) is 50.6 Å². The summed E-state index contributed by atoms with van der Waals surface area (Å²) in [5.41, 5.74) is 1.63. The SMILES string of the molecule is COc1ccc(C(=O)Nc2ccc(C(C)C(=O)O)cc2)c(OC(C)C)c1. The van der Waals surface area contributed by atoms with Crippen molar-refractivity contribution in [1.82, 2.24) is 0 Å². The number of carboxylic acid groups (broad SMARTS) is 1. The molecule has 0 aliphatic carbocycles. The second kappa shape index (κ2) is 8.38. The standard InChI is InChI=1S/C20H23NO5/c1-12(2)26-18-11-16(25-4)9-10-17(18)19(22)21-15-7-5-14(6-8-15)13(3)20(23)24/h5-13H,1-4H3,(H,21,22)(H,23,24). The number of carboxylic acids is 1. The van der Waals surface area contributed by atoms with Gasteiger partial charge in [0, 0.05) is 11.8 Å². The van der Waals surface area contributed by atoms with E-state index >= 15 is 0 Å². The van der Waals surface area contributed by atoms with Gasteiger partial charge < -0.3 is 19.9 Å². The van der Waals surface area contributed by atoms with Crippen LogP contribution in [-0.2, 0) is 4.79 Å². The molecule has 0 spiro atoms. The van der Waals surface area contributed by atoms with Crippen LogP contribution in [0.5, 0.6) is 11.5 Å². The minimum atomic E-state index is -0.893. The summed E-state index contributed by atoms with van der Waals surface area (Å²) in [7, 11) is 1.55. The molecule has 6 heteroatoms. The summed E-state index contributed by atoms with van der Waals surface area (Å²) >= 11 is 0. The Morgan fingerprint density at radius 1 is 1.04 bits per heavy atom. The van der Waals surface area contributed by atoms with E-state index in [0.29, 0.717) is 28.3 Å². The molecule has 2 aromatic carbocycles. The lowest BCUT2D eigenvalue weighted by molar-refractivity contribution is -0.138. The van der Waals surface area contributed by atoms with Gasteiger partial charge in [-0.3, -0.25) is 9.59 Å². The average molecular weight is 357 g/mol. The number of amides is 1. The number of anilines is 1. The normalized spacial score (nSPS) is 11.7. The summed E-state index contributed by atoms with van der Waals surface area (Å²) < 4.78 is 10.9. The number of hydrogen-bond acceptors (Lipinski definition) is 4. The minimum Gasteiger partial charge on any atom is -0.497 e. The van der Waals surface area contributed by atoms with Gasteiger partial charge >= 0.3 is 5.97 Å². The van der Waals surface area contributed by atoms with Crippen LogP contribution < -0.4 is 14.8 Å². The molecule has 0 bridgehead atoms. The molecular formula is C20H23NO5. The van der Waals surface area contributed by atoms with Gasteiger partial charge in [-0.15, -0.1) is 0 Å². The molecular weight excluding hydrogens is 334 g/mol. The molecule has 0 aliphatic heterocycles. The van der Waals surface area contributed by atoms with Crippen LogP contribution in [0.15, 0.2) is 42.5 Å². The monoisotopic (exact) mass is 357 g/mol. The first-order chi connectivity index (χ1) is 12.3. The largest absolute Gasteiger partial charge is 0.497 e. The summed E-state index contributed by atoms with van der Waals surface area (Å²) in [6.45, 7) is 5.37. The fraction of sp³-hybridized carbons (Fsp3) is 0.300. The van der Waals surface area contributed by atoms with E-state index in [4.69, 9.17) is 14.6 Å². The van der Waals surface area contributed by atoms with Crippen molar-refractivity contribution in [1.29, 1.82) is 0 Å². The van der Waals surface area contributed by atoms with E-state index in [1.54, 1.807) is 56.5 Å². The van der Waals surface area contributed by atoms with Crippen molar-refractivity contribution < 1.29 is 24.2 Å². The minimum absolute atomic E-state index is 0.0922. The molecule has 2 N–H and O–H groups in total. The van der Waals surface area contributed by atoms with E-state index in [-0.39, 0.29) is 12.0 Å². The molecule has 0 aromatic heterocycles. The zero-order chi connectivity index (χ0) is 19.3. The summed E-state index contributed by atoms with van der Waals surface area (Å²) in [5.74, 6) is -0.776. The van der Waals surface area contributed by atoms with E-state index in [0.717, 1.165) is 0 Å². The van der Waals surface area contributed by atoms with Crippen molar-refractivity contribution in [2.45, 2.75) is 32.8 Å². The van der Waals surface area contributed by atoms with Crippen LogP contribution in [0.3, 0.4) is 0 Å². The van der Waals surface area contributed by atoms with Crippen molar-refractivity contribution >= 4 is 17.6 Å². The molecule has 0 fully saturated rings. The zero-order valence-electron chi connectivity index (χ0n) is 15.3. The molecule has 1 unspecified atom stereocenters. The van der Waals surface area contributed by atoms with Crippen LogP contribution in [0.1, 0.15) is 42.6 Å². The first-order valence-electron chi connectivity index (χ1n) is 8.30. The van der Waals surface area contributed by atoms with Crippen molar-refractivity contribution in [3.05, 3.63) is 53.6 Å². The van der Waals surface area contributed by atoms with Gasteiger partial charge in [0.15, 0.2) is 0 Å². The number of nitrogens with one attached hydrogen (secondary N) is 1. The molecule has 1 atom stereocenters. The second-order valence-corrected chi connectivity index (χ2v) is 6.16. The predicted molar refractivity (Wildman–Crippen MR) is 99.2 cm³/mol. The summed E-state index contributed by atoms with van der Waals surface area (Å²) in [6.07, 6.45) is -0.0922. The molecule has 2 aromatic rings. The van der Waals surface area contributed by atoms with Crippen LogP contribution in [0.4, 0.5) is 5.69 Å². The Morgan fingerprint density at radius 3 is 2.23 bits per heavy atom. The fourth-order valence-electron chi connectivity index (χ4n) is 2.36. The van der Waals surface area contributed by atoms with Gasteiger partial charge in [0.1, 0.15) is 11.5 Å². The molecule has 0 heterocycles. The highest BCUT2D eigenvalue weighted by Gasteiger charge is 2.16.